The summed E-state index contributed by atoms with van der Waals surface area (Å²) in [4.78, 5) is 4.36. The molecule has 17 heavy (non-hydrogen) atoms. The number of imidazole rings is 1. The Bertz CT molecular complexity index is 534. The molecule has 1 saturated carbocycles. The smallest absolute Gasteiger partial charge is 0.0961 e. The summed E-state index contributed by atoms with van der Waals surface area (Å²) in [6, 6.07) is 5.91. The van der Waals surface area contributed by atoms with Crippen molar-refractivity contribution in [3.8, 4) is 0 Å². The maximum Gasteiger partial charge on any atom is 0.0961 e. The van der Waals surface area contributed by atoms with Crippen LogP contribution in [0.15, 0.2) is 24.5 Å². The summed E-state index contributed by atoms with van der Waals surface area (Å²) in [6.07, 6.45) is 5.78. The number of nitrogens with two attached hydrogens (primary N) is 1. The lowest BCUT2D eigenvalue weighted by atomic mass is 9.92. The van der Waals surface area contributed by atoms with Gasteiger partial charge in [0.2, 0.25) is 0 Å². The number of aromatic nitrogens is 2. The van der Waals surface area contributed by atoms with Crippen LogP contribution in [0.4, 0.5) is 5.69 Å². The summed E-state index contributed by atoms with van der Waals surface area (Å²) >= 11 is 0. The van der Waals surface area contributed by atoms with Crippen molar-refractivity contribution < 1.29 is 5.11 Å². The molecule has 2 unspecified atom stereocenters. The SMILES string of the molecule is Nc1ccc2c(c1)ncn2C1CCCCC1O. The van der Waals surface area contributed by atoms with Gasteiger partial charge in [-0.25, -0.2) is 4.98 Å². The fourth-order valence-corrected chi connectivity index (χ4v) is 2.73. The summed E-state index contributed by atoms with van der Waals surface area (Å²) in [5.74, 6) is 0. The van der Waals surface area contributed by atoms with Crippen molar-refractivity contribution in [3.63, 3.8) is 0 Å². The van der Waals surface area contributed by atoms with Crippen molar-refractivity contribution in [3.05, 3.63) is 24.5 Å². The first-order chi connectivity index (χ1) is 8.25. The van der Waals surface area contributed by atoms with Gasteiger partial charge in [0, 0.05) is 5.69 Å². The molecule has 2 aromatic rings. The van der Waals surface area contributed by atoms with Gasteiger partial charge in [-0.15, -0.1) is 0 Å². The zero-order valence-electron chi connectivity index (χ0n) is 9.71. The predicted molar refractivity (Wildman–Crippen MR) is 67.7 cm³/mol. The minimum absolute atomic E-state index is 0.164. The molecule has 4 heteroatoms. The van der Waals surface area contributed by atoms with E-state index in [2.05, 4.69) is 9.55 Å². The molecule has 0 radical (unpaired) electrons. The summed E-state index contributed by atoms with van der Waals surface area (Å²) in [5, 5.41) is 10.1. The first kappa shape index (κ1) is 10.6. The van der Waals surface area contributed by atoms with Gasteiger partial charge in [0.25, 0.3) is 0 Å². The number of fused-ring (bicyclic) bond motifs is 1. The average molecular weight is 231 g/mol. The summed E-state index contributed by atoms with van der Waals surface area (Å²) in [5.41, 5.74) is 8.43. The van der Waals surface area contributed by atoms with E-state index in [4.69, 9.17) is 5.73 Å². The molecule has 1 aliphatic rings. The van der Waals surface area contributed by atoms with E-state index in [1.165, 1.54) is 6.42 Å². The van der Waals surface area contributed by atoms with Crippen LogP contribution in [0.3, 0.4) is 0 Å². The van der Waals surface area contributed by atoms with Crippen LogP contribution >= 0.6 is 0 Å². The second kappa shape index (κ2) is 4.04. The van der Waals surface area contributed by atoms with E-state index < -0.39 is 0 Å². The maximum absolute atomic E-state index is 10.1. The Morgan fingerprint density at radius 1 is 1.29 bits per heavy atom. The Morgan fingerprint density at radius 2 is 2.12 bits per heavy atom. The minimum Gasteiger partial charge on any atom is -0.399 e. The van der Waals surface area contributed by atoms with Crippen LogP contribution in [0.2, 0.25) is 0 Å². The van der Waals surface area contributed by atoms with E-state index in [1.54, 1.807) is 0 Å². The number of benzene rings is 1. The molecule has 1 heterocycles. The largest absolute Gasteiger partial charge is 0.399 e. The minimum atomic E-state index is -0.251. The summed E-state index contributed by atoms with van der Waals surface area (Å²) in [6.45, 7) is 0. The normalized spacial score (nSPS) is 25.2. The number of aliphatic hydroxyl groups excluding tert-OH is 1. The monoisotopic (exact) mass is 231 g/mol. The van der Waals surface area contributed by atoms with Crippen LogP contribution in [0, 0.1) is 0 Å². The van der Waals surface area contributed by atoms with Gasteiger partial charge < -0.3 is 15.4 Å². The summed E-state index contributed by atoms with van der Waals surface area (Å²) in [7, 11) is 0. The molecule has 0 spiro atoms. The molecule has 2 atom stereocenters. The number of nitrogen functional groups attached to an aromatic ring is 1. The van der Waals surface area contributed by atoms with Gasteiger partial charge in [-0.3, -0.25) is 0 Å². The second-order valence-electron chi connectivity index (χ2n) is 4.82. The Kier molecular flexibility index (Phi) is 2.52. The third kappa shape index (κ3) is 1.78. The lowest BCUT2D eigenvalue weighted by Crippen LogP contribution is -2.27. The van der Waals surface area contributed by atoms with Crippen LogP contribution < -0.4 is 5.73 Å². The van der Waals surface area contributed by atoms with E-state index in [0.29, 0.717) is 0 Å². The number of aliphatic hydroxyl groups is 1. The van der Waals surface area contributed by atoms with Gasteiger partial charge in [0.05, 0.1) is 29.5 Å². The van der Waals surface area contributed by atoms with Gasteiger partial charge in [-0.2, -0.15) is 0 Å². The Morgan fingerprint density at radius 3 is 2.94 bits per heavy atom. The highest BCUT2D eigenvalue weighted by molar-refractivity contribution is 5.79. The molecule has 0 aliphatic heterocycles. The average Bonchev–Trinajstić information content (AvgIpc) is 2.72. The highest BCUT2D eigenvalue weighted by Crippen LogP contribution is 2.31. The zero-order valence-corrected chi connectivity index (χ0v) is 9.71. The number of hydrogen-bond donors (Lipinski definition) is 2. The molecule has 0 amide bonds. The third-order valence-corrected chi connectivity index (χ3v) is 3.65. The van der Waals surface area contributed by atoms with Crippen LogP contribution in [-0.4, -0.2) is 20.8 Å². The molecule has 1 aromatic carbocycles. The Balaban J connectivity index is 2.05. The van der Waals surface area contributed by atoms with Crippen molar-refractivity contribution in [2.45, 2.75) is 37.8 Å². The fourth-order valence-electron chi connectivity index (χ4n) is 2.73. The van der Waals surface area contributed by atoms with Gasteiger partial charge >= 0.3 is 0 Å². The molecule has 1 aliphatic carbocycles. The van der Waals surface area contributed by atoms with Crippen LogP contribution in [-0.2, 0) is 0 Å². The molecule has 1 aromatic heterocycles. The molecule has 0 bridgehead atoms. The van der Waals surface area contributed by atoms with E-state index in [9.17, 15) is 5.11 Å². The van der Waals surface area contributed by atoms with Crippen molar-refractivity contribution in [2.24, 2.45) is 0 Å². The van der Waals surface area contributed by atoms with E-state index in [-0.39, 0.29) is 12.1 Å². The fraction of sp³-hybridized carbons (Fsp3) is 0.462. The van der Waals surface area contributed by atoms with Crippen molar-refractivity contribution in [2.75, 3.05) is 5.73 Å². The molecule has 90 valence electrons. The van der Waals surface area contributed by atoms with Gasteiger partial charge in [-0.1, -0.05) is 12.8 Å². The van der Waals surface area contributed by atoms with E-state index >= 15 is 0 Å². The quantitative estimate of drug-likeness (QED) is 0.739. The number of hydrogen-bond acceptors (Lipinski definition) is 3. The molecular weight excluding hydrogens is 214 g/mol. The van der Waals surface area contributed by atoms with Crippen molar-refractivity contribution in [1.82, 2.24) is 9.55 Å². The lowest BCUT2D eigenvalue weighted by molar-refractivity contribution is 0.0773. The van der Waals surface area contributed by atoms with Gasteiger partial charge in [0.1, 0.15) is 0 Å². The molecule has 4 nitrogen and oxygen atoms in total. The van der Waals surface area contributed by atoms with Crippen LogP contribution in [0.25, 0.3) is 11.0 Å². The van der Waals surface area contributed by atoms with Gasteiger partial charge in [0.15, 0.2) is 0 Å². The lowest BCUT2D eigenvalue weighted by Gasteiger charge is -2.29. The number of anilines is 1. The molecule has 0 saturated heterocycles. The highest BCUT2D eigenvalue weighted by atomic mass is 16.3. The number of nitrogens with zero attached hydrogens (tertiary/aromatic N) is 2. The molecule has 3 rings (SSSR count). The topological polar surface area (TPSA) is 64.1 Å². The molecule has 1 fully saturated rings. The summed E-state index contributed by atoms with van der Waals surface area (Å²) < 4.78 is 2.10. The van der Waals surface area contributed by atoms with Crippen molar-refractivity contribution in [1.29, 1.82) is 0 Å². The molecule has 3 N–H and O–H groups in total. The predicted octanol–water partition coefficient (Wildman–Crippen LogP) is 2.09. The molecular formula is C13H17N3O. The maximum atomic E-state index is 10.1. The number of rotatable bonds is 1. The first-order valence-electron chi connectivity index (χ1n) is 6.16. The zero-order chi connectivity index (χ0) is 11.8. The Hall–Kier alpha value is -1.55. The van der Waals surface area contributed by atoms with Crippen LogP contribution in [0.5, 0.6) is 0 Å². The van der Waals surface area contributed by atoms with Crippen molar-refractivity contribution >= 4 is 16.7 Å². The second-order valence-corrected chi connectivity index (χ2v) is 4.82. The van der Waals surface area contributed by atoms with E-state index in [0.717, 1.165) is 36.0 Å². The van der Waals surface area contributed by atoms with Crippen LogP contribution in [0.1, 0.15) is 31.7 Å². The van der Waals surface area contributed by atoms with Gasteiger partial charge in [-0.05, 0) is 31.0 Å². The third-order valence-electron chi connectivity index (χ3n) is 3.65. The standard InChI is InChI=1S/C13H17N3O/c14-9-5-6-11-10(7-9)15-8-16(11)12-3-1-2-4-13(12)17/h5-8,12-13,17H,1-4,14H2. The van der Waals surface area contributed by atoms with E-state index in [1.807, 2.05) is 24.5 Å². The Labute approximate surface area is 100 Å². The first-order valence-corrected chi connectivity index (χ1v) is 6.16. The highest BCUT2D eigenvalue weighted by Gasteiger charge is 2.25.